The predicted molar refractivity (Wildman–Crippen MR) is 55.3 cm³/mol. The summed E-state index contributed by atoms with van der Waals surface area (Å²) in [5, 5.41) is 7.87. The molecule has 0 N–H and O–H groups in total. The lowest BCUT2D eigenvalue weighted by atomic mass is 10.1. The monoisotopic (exact) mass is 233 g/mol. The van der Waals surface area contributed by atoms with Gasteiger partial charge in [-0.15, -0.1) is 23.2 Å². The van der Waals surface area contributed by atoms with Crippen LogP contribution in [0.5, 0.6) is 0 Å². The van der Waals surface area contributed by atoms with E-state index in [9.17, 15) is 0 Å². The van der Waals surface area contributed by atoms with Crippen LogP contribution in [-0.4, -0.2) is 5.38 Å². The first-order valence-electron chi connectivity index (χ1n) is 3.58. The maximum Gasteiger partial charge on any atom is 0.140 e. The fraction of sp³-hybridized carbons (Fsp3) is 0.222. The zero-order valence-electron chi connectivity index (χ0n) is 6.55. The Morgan fingerprint density at radius 2 is 2.00 bits per heavy atom. The van der Waals surface area contributed by atoms with Crippen LogP contribution in [0, 0.1) is 11.3 Å². The molecular weight excluding hydrogens is 228 g/mol. The van der Waals surface area contributed by atoms with Crippen molar-refractivity contribution in [2.45, 2.75) is 10.8 Å². The fourth-order valence-electron chi connectivity index (χ4n) is 0.913. The second-order valence-electron chi connectivity index (χ2n) is 2.49. The summed E-state index contributed by atoms with van der Waals surface area (Å²) >= 11 is 17.3. The molecule has 0 saturated carbocycles. The van der Waals surface area contributed by atoms with E-state index in [4.69, 9.17) is 40.1 Å². The van der Waals surface area contributed by atoms with Crippen LogP contribution in [0.15, 0.2) is 24.3 Å². The number of hydrogen-bond acceptors (Lipinski definition) is 1. The standard InChI is InChI=1S/C9H6Cl3N/c10-7-3-1-2-6(4-7)9(12)8(11)5-13/h1-4,8-9H. The zero-order valence-corrected chi connectivity index (χ0v) is 8.81. The van der Waals surface area contributed by atoms with Crippen molar-refractivity contribution in [2.24, 2.45) is 0 Å². The van der Waals surface area contributed by atoms with Crippen LogP contribution in [0.3, 0.4) is 0 Å². The van der Waals surface area contributed by atoms with Gasteiger partial charge in [-0.2, -0.15) is 5.26 Å². The predicted octanol–water partition coefficient (Wildman–Crippen LogP) is 3.75. The molecule has 0 saturated heterocycles. The molecule has 0 fully saturated rings. The Hall–Kier alpha value is -0.420. The first-order valence-corrected chi connectivity index (χ1v) is 4.83. The minimum absolute atomic E-state index is 0.523. The van der Waals surface area contributed by atoms with Crippen LogP contribution >= 0.6 is 34.8 Å². The van der Waals surface area contributed by atoms with Gasteiger partial charge >= 0.3 is 0 Å². The number of hydrogen-bond donors (Lipinski definition) is 0. The van der Waals surface area contributed by atoms with E-state index >= 15 is 0 Å². The Morgan fingerprint density at radius 1 is 1.31 bits per heavy atom. The van der Waals surface area contributed by atoms with Crippen molar-refractivity contribution in [3.63, 3.8) is 0 Å². The lowest BCUT2D eigenvalue weighted by molar-refractivity contribution is 0.974. The van der Waals surface area contributed by atoms with Crippen molar-refractivity contribution in [1.29, 1.82) is 5.26 Å². The van der Waals surface area contributed by atoms with Crippen LogP contribution in [0.2, 0.25) is 5.02 Å². The topological polar surface area (TPSA) is 23.8 Å². The zero-order chi connectivity index (χ0) is 9.84. The number of halogens is 3. The van der Waals surface area contributed by atoms with E-state index in [-0.39, 0.29) is 0 Å². The van der Waals surface area contributed by atoms with Crippen LogP contribution in [-0.2, 0) is 0 Å². The lowest BCUT2D eigenvalue weighted by Gasteiger charge is -2.09. The van der Waals surface area contributed by atoms with E-state index in [0.717, 1.165) is 5.56 Å². The highest BCUT2D eigenvalue weighted by Crippen LogP contribution is 2.28. The summed E-state index contributed by atoms with van der Waals surface area (Å²) in [7, 11) is 0. The first kappa shape index (κ1) is 10.7. The van der Waals surface area contributed by atoms with E-state index in [2.05, 4.69) is 0 Å². The smallest absolute Gasteiger partial charge is 0.140 e. The molecule has 1 aromatic rings. The van der Waals surface area contributed by atoms with E-state index in [1.807, 2.05) is 6.07 Å². The number of alkyl halides is 2. The molecular formula is C9H6Cl3N. The average Bonchev–Trinajstić information content (AvgIpc) is 2.15. The highest BCUT2D eigenvalue weighted by atomic mass is 35.5. The molecule has 1 aromatic carbocycles. The molecule has 68 valence electrons. The summed E-state index contributed by atoms with van der Waals surface area (Å²) in [6.07, 6.45) is 0. The van der Waals surface area contributed by atoms with Gasteiger partial charge in [-0.25, -0.2) is 0 Å². The van der Waals surface area contributed by atoms with Crippen molar-refractivity contribution in [3.8, 4) is 6.07 Å². The second kappa shape index (κ2) is 4.72. The van der Waals surface area contributed by atoms with Crippen LogP contribution < -0.4 is 0 Å². The molecule has 2 unspecified atom stereocenters. The molecule has 0 heterocycles. The second-order valence-corrected chi connectivity index (χ2v) is 3.86. The Labute approximate surface area is 91.8 Å². The van der Waals surface area contributed by atoms with Crippen molar-refractivity contribution < 1.29 is 0 Å². The molecule has 0 aromatic heterocycles. The molecule has 0 aliphatic heterocycles. The van der Waals surface area contributed by atoms with Crippen LogP contribution in [0.4, 0.5) is 0 Å². The van der Waals surface area contributed by atoms with Gasteiger partial charge in [0.1, 0.15) is 5.38 Å². The van der Waals surface area contributed by atoms with Gasteiger partial charge in [0.05, 0.1) is 11.4 Å². The average molecular weight is 235 g/mol. The Balaban J connectivity index is 2.90. The van der Waals surface area contributed by atoms with E-state index in [1.54, 1.807) is 24.3 Å². The van der Waals surface area contributed by atoms with Gasteiger partial charge in [0.2, 0.25) is 0 Å². The summed E-state index contributed by atoms with van der Waals surface area (Å²) in [4.78, 5) is 0. The van der Waals surface area contributed by atoms with Gasteiger partial charge in [0.25, 0.3) is 0 Å². The molecule has 13 heavy (non-hydrogen) atoms. The van der Waals surface area contributed by atoms with E-state index < -0.39 is 10.8 Å². The van der Waals surface area contributed by atoms with Crippen LogP contribution in [0.25, 0.3) is 0 Å². The van der Waals surface area contributed by atoms with Crippen molar-refractivity contribution in [1.82, 2.24) is 0 Å². The molecule has 0 amide bonds. The van der Waals surface area contributed by atoms with Crippen molar-refractivity contribution in [2.75, 3.05) is 0 Å². The van der Waals surface area contributed by atoms with Crippen molar-refractivity contribution in [3.05, 3.63) is 34.9 Å². The molecule has 1 rings (SSSR count). The first-order chi connectivity index (χ1) is 6.15. The quantitative estimate of drug-likeness (QED) is 0.715. The maximum atomic E-state index is 8.54. The Morgan fingerprint density at radius 3 is 2.54 bits per heavy atom. The summed E-state index contributed by atoms with van der Waals surface area (Å²) in [5.74, 6) is 0. The highest BCUT2D eigenvalue weighted by molar-refractivity contribution is 6.32. The molecule has 0 aliphatic rings. The van der Waals surface area contributed by atoms with Gasteiger partial charge in [-0.1, -0.05) is 23.7 Å². The fourth-order valence-corrected chi connectivity index (χ4v) is 1.45. The summed E-state index contributed by atoms with van der Waals surface area (Å²) < 4.78 is 0. The van der Waals surface area contributed by atoms with Gasteiger partial charge in [-0.05, 0) is 17.7 Å². The minimum atomic E-state index is -0.736. The van der Waals surface area contributed by atoms with Gasteiger partial charge in [0, 0.05) is 5.02 Å². The SMILES string of the molecule is N#CC(Cl)C(Cl)c1cccc(Cl)c1. The number of nitriles is 1. The molecule has 0 spiro atoms. The van der Waals surface area contributed by atoms with E-state index in [1.165, 1.54) is 0 Å². The van der Waals surface area contributed by atoms with Crippen molar-refractivity contribution >= 4 is 34.8 Å². The molecule has 0 aliphatic carbocycles. The normalized spacial score (nSPS) is 14.6. The third kappa shape index (κ3) is 2.77. The molecule has 4 heteroatoms. The molecule has 0 bridgehead atoms. The third-order valence-corrected chi connectivity index (χ3v) is 2.76. The summed E-state index contributed by atoms with van der Waals surface area (Å²) in [5.41, 5.74) is 0.760. The molecule has 1 nitrogen and oxygen atoms in total. The van der Waals surface area contributed by atoms with E-state index in [0.29, 0.717) is 5.02 Å². The Kier molecular flexibility index (Phi) is 3.87. The largest absolute Gasteiger partial charge is 0.197 e. The third-order valence-electron chi connectivity index (χ3n) is 1.55. The number of nitrogens with zero attached hydrogens (tertiary/aromatic N) is 1. The van der Waals surface area contributed by atoms with Gasteiger partial charge in [0.15, 0.2) is 0 Å². The van der Waals surface area contributed by atoms with Gasteiger partial charge in [-0.3, -0.25) is 0 Å². The minimum Gasteiger partial charge on any atom is -0.197 e. The highest BCUT2D eigenvalue weighted by Gasteiger charge is 2.17. The number of rotatable bonds is 2. The van der Waals surface area contributed by atoms with Gasteiger partial charge < -0.3 is 0 Å². The number of benzene rings is 1. The lowest BCUT2D eigenvalue weighted by Crippen LogP contribution is -2.03. The molecule has 2 atom stereocenters. The van der Waals surface area contributed by atoms with Crippen LogP contribution in [0.1, 0.15) is 10.9 Å². The maximum absolute atomic E-state index is 8.54. The molecule has 0 radical (unpaired) electrons. The Bertz CT molecular complexity index is 332. The summed E-state index contributed by atoms with van der Waals surface area (Å²) in [6, 6.07) is 8.87. The summed E-state index contributed by atoms with van der Waals surface area (Å²) in [6.45, 7) is 0.